The van der Waals surface area contributed by atoms with Crippen molar-refractivity contribution in [3.8, 4) is 5.75 Å². The lowest BCUT2D eigenvalue weighted by Gasteiger charge is -2.14. The average Bonchev–Trinajstić information content (AvgIpc) is 3.02. The van der Waals surface area contributed by atoms with Crippen molar-refractivity contribution in [3.63, 3.8) is 0 Å². The molecule has 0 aliphatic heterocycles. The second kappa shape index (κ2) is 8.73. The third kappa shape index (κ3) is 4.68. The molecular formula is C20H22N4O2S. The highest BCUT2D eigenvalue weighted by Crippen LogP contribution is 2.27. The third-order valence-corrected chi connectivity index (χ3v) is 5.18. The zero-order valence-electron chi connectivity index (χ0n) is 15.5. The average molecular weight is 382 g/mol. The maximum atomic E-state index is 12.6. The minimum absolute atomic E-state index is 0.114. The largest absolute Gasteiger partial charge is 0.495 e. The molecule has 1 heterocycles. The Hall–Kier alpha value is -2.80. The number of hydrogen-bond donors (Lipinski definition) is 1. The van der Waals surface area contributed by atoms with E-state index in [0.717, 1.165) is 16.5 Å². The molecule has 140 valence electrons. The molecule has 1 aromatic heterocycles. The molecule has 0 aliphatic rings. The van der Waals surface area contributed by atoms with Crippen LogP contribution >= 0.6 is 11.8 Å². The molecule has 0 unspecified atom stereocenters. The SMILES string of the molecule is COc1ccccc1NC(=O)[C@H](C)Sc1nnc(C)n1Cc1ccccc1. The van der Waals surface area contributed by atoms with Crippen LogP contribution in [0, 0.1) is 6.92 Å². The van der Waals surface area contributed by atoms with E-state index in [2.05, 4.69) is 27.6 Å². The standard InChI is InChI=1S/C20H22N4O2S/c1-14(19(25)21-17-11-7-8-12-18(17)26-3)27-20-23-22-15(2)24(20)13-16-9-5-4-6-10-16/h4-12,14H,13H2,1-3H3,(H,21,25)/t14-/m0/s1. The van der Waals surface area contributed by atoms with Crippen LogP contribution in [-0.2, 0) is 11.3 Å². The summed E-state index contributed by atoms with van der Waals surface area (Å²) in [6.45, 7) is 4.44. The van der Waals surface area contributed by atoms with Gasteiger partial charge in [-0.05, 0) is 31.5 Å². The number of para-hydroxylation sites is 2. The monoisotopic (exact) mass is 382 g/mol. The molecule has 3 aromatic rings. The Kier molecular flexibility index (Phi) is 6.13. The normalized spacial score (nSPS) is 11.8. The Morgan fingerprint density at radius 2 is 1.85 bits per heavy atom. The van der Waals surface area contributed by atoms with Gasteiger partial charge >= 0.3 is 0 Å². The number of amides is 1. The Morgan fingerprint density at radius 1 is 1.15 bits per heavy atom. The molecule has 0 radical (unpaired) electrons. The van der Waals surface area contributed by atoms with Crippen molar-refractivity contribution in [2.24, 2.45) is 0 Å². The first-order valence-corrected chi connectivity index (χ1v) is 9.50. The lowest BCUT2D eigenvalue weighted by atomic mass is 10.2. The summed E-state index contributed by atoms with van der Waals surface area (Å²) in [4.78, 5) is 12.6. The quantitative estimate of drug-likeness (QED) is 0.630. The summed E-state index contributed by atoms with van der Waals surface area (Å²) in [7, 11) is 1.58. The summed E-state index contributed by atoms with van der Waals surface area (Å²) in [6.07, 6.45) is 0. The number of aromatic nitrogens is 3. The summed E-state index contributed by atoms with van der Waals surface area (Å²) in [5.74, 6) is 1.33. The number of carbonyl (C=O) groups excluding carboxylic acids is 1. The van der Waals surface area contributed by atoms with E-state index in [4.69, 9.17) is 4.74 Å². The molecule has 0 spiro atoms. The minimum atomic E-state index is -0.340. The van der Waals surface area contributed by atoms with E-state index >= 15 is 0 Å². The van der Waals surface area contributed by atoms with Gasteiger partial charge in [-0.2, -0.15) is 0 Å². The van der Waals surface area contributed by atoms with Crippen molar-refractivity contribution < 1.29 is 9.53 Å². The van der Waals surface area contributed by atoms with Gasteiger partial charge in [0.05, 0.1) is 24.6 Å². The zero-order valence-corrected chi connectivity index (χ0v) is 16.4. The molecule has 6 nitrogen and oxygen atoms in total. The number of thioether (sulfide) groups is 1. The topological polar surface area (TPSA) is 69.0 Å². The number of carbonyl (C=O) groups is 1. The summed E-state index contributed by atoms with van der Waals surface area (Å²) >= 11 is 1.39. The Labute approximate surface area is 163 Å². The molecule has 2 aromatic carbocycles. The molecule has 7 heteroatoms. The van der Waals surface area contributed by atoms with Gasteiger partial charge in [0.1, 0.15) is 11.6 Å². The smallest absolute Gasteiger partial charge is 0.237 e. The number of benzene rings is 2. The fraction of sp³-hybridized carbons (Fsp3) is 0.250. The van der Waals surface area contributed by atoms with Gasteiger partial charge in [-0.1, -0.05) is 54.2 Å². The lowest BCUT2D eigenvalue weighted by Crippen LogP contribution is -2.23. The first kappa shape index (κ1) is 19.0. The van der Waals surface area contributed by atoms with Crippen LogP contribution in [-0.4, -0.2) is 33.0 Å². The second-order valence-electron chi connectivity index (χ2n) is 6.05. The number of methoxy groups -OCH3 is 1. The number of rotatable bonds is 7. The highest BCUT2D eigenvalue weighted by Gasteiger charge is 2.20. The number of ether oxygens (including phenoxy) is 1. The highest BCUT2D eigenvalue weighted by molar-refractivity contribution is 8.00. The van der Waals surface area contributed by atoms with Gasteiger partial charge in [0, 0.05) is 0 Å². The van der Waals surface area contributed by atoms with Crippen molar-refractivity contribution in [3.05, 3.63) is 66.0 Å². The summed E-state index contributed by atoms with van der Waals surface area (Å²) in [6, 6.07) is 17.5. The van der Waals surface area contributed by atoms with Crippen molar-refractivity contribution in [2.45, 2.75) is 30.8 Å². The van der Waals surface area contributed by atoms with Crippen LogP contribution in [0.5, 0.6) is 5.75 Å². The van der Waals surface area contributed by atoms with E-state index in [1.165, 1.54) is 11.8 Å². The van der Waals surface area contributed by atoms with Crippen molar-refractivity contribution in [1.29, 1.82) is 0 Å². The maximum absolute atomic E-state index is 12.6. The van der Waals surface area contributed by atoms with E-state index in [1.807, 2.05) is 60.9 Å². The fourth-order valence-corrected chi connectivity index (χ4v) is 3.48. The van der Waals surface area contributed by atoms with Gasteiger partial charge in [0.25, 0.3) is 0 Å². The van der Waals surface area contributed by atoms with E-state index in [1.54, 1.807) is 7.11 Å². The minimum Gasteiger partial charge on any atom is -0.495 e. The van der Waals surface area contributed by atoms with Crippen molar-refractivity contribution in [2.75, 3.05) is 12.4 Å². The van der Waals surface area contributed by atoms with Crippen LogP contribution < -0.4 is 10.1 Å². The number of aryl methyl sites for hydroxylation is 1. The number of hydrogen-bond acceptors (Lipinski definition) is 5. The first-order valence-electron chi connectivity index (χ1n) is 8.62. The molecule has 0 saturated carbocycles. The van der Waals surface area contributed by atoms with Crippen LogP contribution in [0.2, 0.25) is 0 Å². The Bertz CT molecular complexity index is 911. The molecule has 1 amide bonds. The van der Waals surface area contributed by atoms with E-state index in [-0.39, 0.29) is 11.2 Å². The molecule has 1 N–H and O–H groups in total. The Morgan fingerprint density at radius 3 is 2.59 bits per heavy atom. The van der Waals surface area contributed by atoms with Crippen molar-refractivity contribution in [1.82, 2.24) is 14.8 Å². The van der Waals surface area contributed by atoms with Crippen LogP contribution in [0.3, 0.4) is 0 Å². The van der Waals surface area contributed by atoms with Crippen molar-refractivity contribution >= 4 is 23.4 Å². The first-order chi connectivity index (χ1) is 13.1. The van der Waals surface area contributed by atoms with Gasteiger partial charge in [0.2, 0.25) is 5.91 Å². The van der Waals surface area contributed by atoms with Gasteiger partial charge < -0.3 is 14.6 Å². The molecule has 1 atom stereocenters. The third-order valence-electron chi connectivity index (χ3n) is 4.10. The highest BCUT2D eigenvalue weighted by atomic mass is 32.2. The lowest BCUT2D eigenvalue weighted by molar-refractivity contribution is -0.115. The molecule has 27 heavy (non-hydrogen) atoms. The molecule has 0 saturated heterocycles. The predicted octanol–water partition coefficient (Wildman–Crippen LogP) is 3.76. The van der Waals surface area contributed by atoms with Gasteiger partial charge in [0.15, 0.2) is 5.16 Å². The van der Waals surface area contributed by atoms with Crippen LogP contribution in [0.4, 0.5) is 5.69 Å². The van der Waals surface area contributed by atoms with E-state index in [9.17, 15) is 4.79 Å². The van der Waals surface area contributed by atoms with Gasteiger partial charge in [-0.15, -0.1) is 10.2 Å². The molecular weight excluding hydrogens is 360 g/mol. The molecule has 0 fully saturated rings. The Balaban J connectivity index is 1.70. The zero-order chi connectivity index (χ0) is 19.2. The fourth-order valence-electron chi connectivity index (χ4n) is 2.59. The molecule has 0 aliphatic carbocycles. The van der Waals surface area contributed by atoms with Gasteiger partial charge in [-0.25, -0.2) is 0 Å². The summed E-state index contributed by atoms with van der Waals surface area (Å²) < 4.78 is 7.31. The molecule has 3 rings (SSSR count). The second-order valence-corrected chi connectivity index (χ2v) is 7.36. The summed E-state index contributed by atoms with van der Waals surface area (Å²) in [5, 5.41) is 11.7. The van der Waals surface area contributed by atoms with Gasteiger partial charge in [-0.3, -0.25) is 4.79 Å². The van der Waals surface area contributed by atoms with Crippen LogP contribution in [0.1, 0.15) is 18.3 Å². The molecule has 0 bridgehead atoms. The number of anilines is 1. The number of nitrogens with zero attached hydrogens (tertiary/aromatic N) is 3. The summed E-state index contributed by atoms with van der Waals surface area (Å²) in [5.41, 5.74) is 1.81. The van der Waals surface area contributed by atoms with Crippen LogP contribution in [0.15, 0.2) is 59.8 Å². The predicted molar refractivity (Wildman–Crippen MR) is 107 cm³/mol. The van der Waals surface area contributed by atoms with Crippen LogP contribution in [0.25, 0.3) is 0 Å². The van der Waals surface area contributed by atoms with E-state index in [0.29, 0.717) is 18.0 Å². The maximum Gasteiger partial charge on any atom is 0.237 e. The number of nitrogens with one attached hydrogen (secondary N) is 1. The van der Waals surface area contributed by atoms with E-state index < -0.39 is 0 Å².